The predicted molar refractivity (Wildman–Crippen MR) is 175 cm³/mol. The quantitative estimate of drug-likeness (QED) is 0.177. The van der Waals surface area contributed by atoms with Gasteiger partial charge in [0.2, 0.25) is 16.0 Å². The fourth-order valence-electron chi connectivity index (χ4n) is 5.79. The van der Waals surface area contributed by atoms with Crippen LogP contribution in [0.15, 0.2) is 109 Å². The van der Waals surface area contributed by atoms with Crippen LogP contribution in [0, 0.1) is 5.82 Å². The lowest BCUT2D eigenvalue weighted by molar-refractivity contribution is 0.350. The molecule has 2 N–H and O–H groups in total. The minimum Gasteiger partial charge on any atom is -0.348 e. The molecule has 1 fully saturated rings. The van der Waals surface area contributed by atoms with Gasteiger partial charge >= 0.3 is 0 Å². The number of rotatable bonds is 10. The van der Waals surface area contributed by atoms with E-state index in [4.69, 9.17) is 0 Å². The van der Waals surface area contributed by atoms with E-state index in [1.165, 1.54) is 17.7 Å². The molecule has 2 aromatic heterocycles. The molecule has 0 saturated carbocycles. The van der Waals surface area contributed by atoms with E-state index < -0.39 is 20.1 Å². The normalized spacial score (nSPS) is 16.7. The number of H-pyrrole nitrogens is 1. The molecule has 3 heterocycles. The SMILES string of the molecule is CS(Cc1ccccc1)(Cc1cnc[nH]1)C1CCN(S(=O)(=O)c2ccc(Nc3nccc(-c4ccc(F)cc4)n3)cc2)CC1. The van der Waals surface area contributed by atoms with Gasteiger partial charge in [-0.05, 0) is 84.5 Å². The fourth-order valence-corrected chi connectivity index (χ4v) is 11.0. The Morgan fingerprint density at radius 3 is 2.34 bits per heavy atom. The van der Waals surface area contributed by atoms with Gasteiger partial charge < -0.3 is 10.3 Å². The monoisotopic (exact) mass is 630 g/mol. The largest absolute Gasteiger partial charge is 0.348 e. The number of nitrogens with one attached hydrogen (secondary N) is 2. The number of aromatic nitrogens is 4. The molecule has 1 saturated heterocycles. The van der Waals surface area contributed by atoms with Gasteiger partial charge in [0.25, 0.3) is 0 Å². The van der Waals surface area contributed by atoms with Gasteiger partial charge in [0, 0.05) is 53.9 Å². The molecule has 11 heteroatoms. The van der Waals surface area contributed by atoms with Crippen LogP contribution >= 0.6 is 10.0 Å². The van der Waals surface area contributed by atoms with Crippen molar-refractivity contribution in [3.05, 3.63) is 121 Å². The lowest BCUT2D eigenvalue weighted by atomic mass is 10.1. The molecule has 3 aromatic carbocycles. The standard InChI is InChI=1S/C33H35FN6O2S2/c1-43(23-29-21-35-24-37-29,22-25-5-3-2-4-6-25)30-16-19-40(20-17-30)44(41,42)31-13-11-28(12-14-31)38-33-36-18-15-32(39-33)26-7-9-27(34)10-8-26/h2-15,18,21,24,30H,16-17,19-20,22-23H2,1H3,(H,35,37)(H,36,38,39). The van der Waals surface area contributed by atoms with Crippen LogP contribution < -0.4 is 5.32 Å². The number of aromatic amines is 1. The van der Waals surface area contributed by atoms with E-state index in [9.17, 15) is 12.8 Å². The highest BCUT2D eigenvalue weighted by molar-refractivity contribution is 8.32. The third kappa shape index (κ3) is 6.85. The van der Waals surface area contributed by atoms with E-state index in [1.54, 1.807) is 59.3 Å². The molecule has 1 aliphatic rings. The summed E-state index contributed by atoms with van der Waals surface area (Å²) >= 11 is 0. The molecule has 6 rings (SSSR count). The Kier molecular flexibility index (Phi) is 8.79. The Hall–Kier alpha value is -4.06. The number of piperidine rings is 1. The highest BCUT2D eigenvalue weighted by Gasteiger charge is 2.36. The second-order valence-corrected chi connectivity index (χ2v) is 17.1. The van der Waals surface area contributed by atoms with Crippen molar-refractivity contribution < 1.29 is 12.8 Å². The maximum atomic E-state index is 13.6. The molecule has 1 atom stereocenters. The third-order valence-corrected chi connectivity index (χ3v) is 14.1. The summed E-state index contributed by atoms with van der Waals surface area (Å²) in [5, 5.41) is 3.57. The number of benzene rings is 3. The second-order valence-electron chi connectivity index (χ2n) is 11.2. The van der Waals surface area contributed by atoms with E-state index >= 15 is 0 Å². The summed E-state index contributed by atoms with van der Waals surface area (Å²) in [5.74, 6) is 1.98. The van der Waals surface area contributed by atoms with Crippen LogP contribution in [-0.4, -0.2) is 57.3 Å². The van der Waals surface area contributed by atoms with Crippen molar-refractivity contribution in [1.29, 1.82) is 0 Å². The first-order valence-electron chi connectivity index (χ1n) is 14.5. The van der Waals surface area contributed by atoms with Crippen molar-refractivity contribution >= 4 is 31.7 Å². The molecule has 0 amide bonds. The van der Waals surface area contributed by atoms with Crippen molar-refractivity contribution in [2.75, 3.05) is 24.7 Å². The number of halogens is 1. The van der Waals surface area contributed by atoms with Crippen LogP contribution in [0.5, 0.6) is 0 Å². The zero-order chi connectivity index (χ0) is 30.6. The van der Waals surface area contributed by atoms with Crippen molar-refractivity contribution in [2.24, 2.45) is 0 Å². The van der Waals surface area contributed by atoms with Crippen molar-refractivity contribution in [3.8, 4) is 11.3 Å². The Morgan fingerprint density at radius 2 is 1.66 bits per heavy atom. The number of imidazole rings is 1. The Morgan fingerprint density at radius 1 is 0.932 bits per heavy atom. The first-order valence-corrected chi connectivity index (χ1v) is 18.4. The summed E-state index contributed by atoms with van der Waals surface area (Å²) in [6.45, 7) is 0.995. The first kappa shape index (κ1) is 30.0. The predicted octanol–water partition coefficient (Wildman–Crippen LogP) is 6.74. The Balaban J connectivity index is 1.12. The van der Waals surface area contributed by atoms with E-state index in [2.05, 4.69) is 55.8 Å². The van der Waals surface area contributed by atoms with Crippen LogP contribution in [0.1, 0.15) is 24.1 Å². The van der Waals surface area contributed by atoms with Crippen LogP contribution in [0.3, 0.4) is 0 Å². The Bertz CT molecular complexity index is 1780. The smallest absolute Gasteiger partial charge is 0.243 e. The van der Waals surface area contributed by atoms with Crippen molar-refractivity contribution in [1.82, 2.24) is 24.2 Å². The van der Waals surface area contributed by atoms with Gasteiger partial charge in [-0.15, -0.1) is 0 Å². The maximum Gasteiger partial charge on any atom is 0.243 e. The number of anilines is 2. The molecule has 228 valence electrons. The van der Waals surface area contributed by atoms with Gasteiger partial charge in [-0.2, -0.15) is 4.31 Å². The van der Waals surface area contributed by atoms with E-state index in [0.717, 1.165) is 35.6 Å². The first-order chi connectivity index (χ1) is 21.3. The summed E-state index contributed by atoms with van der Waals surface area (Å²) in [6, 6.07) is 25.1. The molecule has 0 spiro atoms. The van der Waals surface area contributed by atoms with Gasteiger partial charge in [-0.25, -0.2) is 37.8 Å². The molecule has 5 aromatic rings. The molecule has 8 nitrogen and oxygen atoms in total. The molecule has 0 radical (unpaired) electrons. The number of sulfonamides is 1. The number of nitrogens with zero attached hydrogens (tertiary/aromatic N) is 4. The number of hydrogen-bond donors (Lipinski definition) is 2. The summed E-state index contributed by atoms with van der Waals surface area (Å²) in [5.41, 5.74) is 4.54. The van der Waals surface area contributed by atoms with E-state index in [0.29, 0.717) is 35.7 Å². The summed E-state index contributed by atoms with van der Waals surface area (Å²) in [6.07, 6.45) is 9.31. The molecule has 1 unspecified atom stereocenters. The molecule has 44 heavy (non-hydrogen) atoms. The number of hydrogen-bond acceptors (Lipinski definition) is 6. The van der Waals surface area contributed by atoms with Gasteiger partial charge in [0.05, 0.1) is 16.9 Å². The average molecular weight is 631 g/mol. The molecular formula is C33H35FN6O2S2. The van der Waals surface area contributed by atoms with Gasteiger partial charge in [-0.3, -0.25) is 0 Å². The van der Waals surface area contributed by atoms with Gasteiger partial charge in [0.1, 0.15) is 5.82 Å². The molecule has 1 aliphatic heterocycles. The van der Waals surface area contributed by atoms with Crippen LogP contribution in [0.2, 0.25) is 0 Å². The van der Waals surface area contributed by atoms with Crippen LogP contribution in [0.25, 0.3) is 11.3 Å². The zero-order valence-electron chi connectivity index (χ0n) is 24.4. The average Bonchev–Trinajstić information content (AvgIpc) is 3.55. The minimum atomic E-state index is -3.64. The topological polar surface area (TPSA) is 104 Å². The summed E-state index contributed by atoms with van der Waals surface area (Å²) in [4.78, 5) is 16.6. The summed E-state index contributed by atoms with van der Waals surface area (Å²) < 4.78 is 42.2. The maximum absolute atomic E-state index is 13.6. The lowest BCUT2D eigenvalue weighted by Crippen LogP contribution is -2.41. The Labute approximate surface area is 259 Å². The summed E-state index contributed by atoms with van der Waals surface area (Å²) in [7, 11) is -4.78. The highest BCUT2D eigenvalue weighted by Crippen LogP contribution is 2.57. The lowest BCUT2D eigenvalue weighted by Gasteiger charge is -2.47. The van der Waals surface area contributed by atoms with Crippen molar-refractivity contribution in [2.45, 2.75) is 34.5 Å². The van der Waals surface area contributed by atoms with Crippen LogP contribution in [-0.2, 0) is 21.5 Å². The van der Waals surface area contributed by atoms with Gasteiger partial charge in [-0.1, -0.05) is 30.3 Å². The van der Waals surface area contributed by atoms with E-state index in [1.807, 2.05) is 12.3 Å². The molecular weight excluding hydrogens is 596 g/mol. The van der Waals surface area contributed by atoms with Crippen LogP contribution in [0.4, 0.5) is 16.0 Å². The zero-order valence-corrected chi connectivity index (χ0v) is 26.1. The fraction of sp³-hybridized carbons (Fsp3) is 0.242. The second kappa shape index (κ2) is 12.9. The third-order valence-electron chi connectivity index (χ3n) is 8.13. The highest BCUT2D eigenvalue weighted by atomic mass is 32.3. The van der Waals surface area contributed by atoms with Gasteiger partial charge in [0.15, 0.2) is 0 Å². The van der Waals surface area contributed by atoms with Crippen molar-refractivity contribution in [3.63, 3.8) is 0 Å². The minimum absolute atomic E-state index is 0.263. The molecule has 0 aliphatic carbocycles. The molecule has 0 bridgehead atoms. The van der Waals surface area contributed by atoms with E-state index in [-0.39, 0.29) is 10.7 Å².